The minimum Gasteiger partial charge on any atom is -0.398 e. The fourth-order valence-corrected chi connectivity index (χ4v) is 1.86. The summed E-state index contributed by atoms with van der Waals surface area (Å²) in [5.41, 5.74) is 8.98. The van der Waals surface area contributed by atoms with Gasteiger partial charge in [0.1, 0.15) is 0 Å². The molecule has 0 saturated heterocycles. The molecule has 1 heterocycles. The van der Waals surface area contributed by atoms with Crippen LogP contribution in [0.15, 0.2) is 42.7 Å². The molecule has 0 aliphatic carbocycles. The maximum atomic E-state index is 12.0. The largest absolute Gasteiger partial charge is 0.398 e. The fraction of sp³-hybridized carbons (Fsp3) is 0.200. The lowest BCUT2D eigenvalue weighted by Gasteiger charge is -2.09. The van der Waals surface area contributed by atoms with Gasteiger partial charge in [0, 0.05) is 30.2 Å². The quantitative estimate of drug-likeness (QED) is 0.820. The standard InChI is InChI=1S/C15H17N3O/c1-11-13(5-2-6-14(11)16)15(19)18-9-7-12-4-3-8-17-10-12/h2-6,8,10H,7,9,16H2,1H3,(H,18,19). The van der Waals surface area contributed by atoms with E-state index in [-0.39, 0.29) is 5.91 Å². The van der Waals surface area contributed by atoms with Crippen molar-refractivity contribution in [2.45, 2.75) is 13.3 Å². The molecule has 0 aliphatic heterocycles. The van der Waals surface area contributed by atoms with Crippen molar-refractivity contribution in [3.8, 4) is 0 Å². The summed E-state index contributed by atoms with van der Waals surface area (Å²) in [5, 5.41) is 2.89. The second-order valence-corrected chi connectivity index (χ2v) is 4.39. The number of amides is 1. The molecule has 1 aromatic heterocycles. The number of hydrogen-bond donors (Lipinski definition) is 2. The summed E-state index contributed by atoms with van der Waals surface area (Å²) >= 11 is 0. The van der Waals surface area contributed by atoms with Crippen molar-refractivity contribution < 1.29 is 4.79 Å². The number of carbonyl (C=O) groups excluding carboxylic acids is 1. The van der Waals surface area contributed by atoms with E-state index < -0.39 is 0 Å². The number of carbonyl (C=O) groups is 1. The van der Waals surface area contributed by atoms with Gasteiger partial charge in [-0.05, 0) is 42.7 Å². The molecule has 4 nitrogen and oxygen atoms in total. The van der Waals surface area contributed by atoms with Crippen LogP contribution in [0.4, 0.5) is 5.69 Å². The van der Waals surface area contributed by atoms with Gasteiger partial charge in [0.25, 0.3) is 5.91 Å². The first-order valence-corrected chi connectivity index (χ1v) is 6.20. The lowest BCUT2D eigenvalue weighted by Crippen LogP contribution is -2.26. The Bertz CT molecular complexity index is 567. The Morgan fingerprint density at radius 3 is 2.89 bits per heavy atom. The van der Waals surface area contributed by atoms with E-state index in [9.17, 15) is 4.79 Å². The summed E-state index contributed by atoms with van der Waals surface area (Å²) in [4.78, 5) is 16.1. The first-order valence-electron chi connectivity index (χ1n) is 6.20. The molecule has 98 valence electrons. The maximum absolute atomic E-state index is 12.0. The number of nitrogens with one attached hydrogen (secondary N) is 1. The number of nitrogens with zero attached hydrogens (tertiary/aromatic N) is 1. The van der Waals surface area contributed by atoms with Crippen LogP contribution in [0.3, 0.4) is 0 Å². The summed E-state index contributed by atoms with van der Waals surface area (Å²) in [6.45, 7) is 2.43. The number of nitrogen functional groups attached to an aromatic ring is 1. The zero-order valence-electron chi connectivity index (χ0n) is 10.9. The zero-order chi connectivity index (χ0) is 13.7. The van der Waals surface area contributed by atoms with Crippen LogP contribution in [0.1, 0.15) is 21.5 Å². The molecule has 0 saturated carbocycles. The first kappa shape index (κ1) is 13.1. The molecule has 0 spiro atoms. The van der Waals surface area contributed by atoms with Gasteiger partial charge in [0.05, 0.1) is 0 Å². The molecule has 0 unspecified atom stereocenters. The van der Waals surface area contributed by atoms with Gasteiger partial charge in [-0.25, -0.2) is 0 Å². The number of aromatic nitrogens is 1. The average Bonchev–Trinajstić information content (AvgIpc) is 2.43. The van der Waals surface area contributed by atoms with Crippen molar-refractivity contribution in [1.29, 1.82) is 0 Å². The highest BCUT2D eigenvalue weighted by Gasteiger charge is 2.09. The molecule has 19 heavy (non-hydrogen) atoms. The number of nitrogens with two attached hydrogens (primary N) is 1. The average molecular weight is 255 g/mol. The molecule has 1 aromatic carbocycles. The van der Waals surface area contributed by atoms with E-state index >= 15 is 0 Å². The summed E-state index contributed by atoms with van der Waals surface area (Å²) in [7, 11) is 0. The maximum Gasteiger partial charge on any atom is 0.251 e. The smallest absolute Gasteiger partial charge is 0.251 e. The highest BCUT2D eigenvalue weighted by molar-refractivity contribution is 5.96. The second-order valence-electron chi connectivity index (χ2n) is 4.39. The van der Waals surface area contributed by atoms with Gasteiger partial charge in [0.2, 0.25) is 0 Å². The SMILES string of the molecule is Cc1c(N)cccc1C(=O)NCCc1cccnc1. The van der Waals surface area contributed by atoms with Gasteiger partial charge in [-0.3, -0.25) is 9.78 Å². The van der Waals surface area contributed by atoms with Gasteiger partial charge in [-0.2, -0.15) is 0 Å². The second kappa shape index (κ2) is 6.00. The Balaban J connectivity index is 1.93. The van der Waals surface area contributed by atoms with E-state index in [2.05, 4.69) is 10.3 Å². The topological polar surface area (TPSA) is 68.0 Å². The molecule has 2 aromatic rings. The number of pyridine rings is 1. The molecule has 0 bridgehead atoms. The molecule has 0 aliphatic rings. The molecule has 3 N–H and O–H groups in total. The third-order valence-electron chi connectivity index (χ3n) is 3.04. The van der Waals surface area contributed by atoms with E-state index in [1.165, 1.54) is 0 Å². The first-order chi connectivity index (χ1) is 9.18. The van der Waals surface area contributed by atoms with Crippen molar-refractivity contribution in [3.05, 3.63) is 59.4 Å². The predicted octanol–water partition coefficient (Wildman–Crippen LogP) is 1.94. The van der Waals surface area contributed by atoms with Crippen LogP contribution in [-0.2, 0) is 6.42 Å². The van der Waals surface area contributed by atoms with E-state index in [1.54, 1.807) is 30.6 Å². The van der Waals surface area contributed by atoms with Gasteiger partial charge in [-0.1, -0.05) is 12.1 Å². The molecule has 1 amide bonds. The van der Waals surface area contributed by atoms with Crippen LogP contribution in [0.5, 0.6) is 0 Å². The van der Waals surface area contributed by atoms with Crippen LogP contribution in [0.25, 0.3) is 0 Å². The molecule has 0 fully saturated rings. The predicted molar refractivity (Wildman–Crippen MR) is 75.9 cm³/mol. The summed E-state index contributed by atoms with van der Waals surface area (Å²) in [6.07, 6.45) is 4.30. The Morgan fingerprint density at radius 1 is 1.32 bits per heavy atom. The number of anilines is 1. The zero-order valence-corrected chi connectivity index (χ0v) is 10.9. The minimum absolute atomic E-state index is 0.0892. The normalized spacial score (nSPS) is 10.2. The van der Waals surface area contributed by atoms with Crippen LogP contribution >= 0.6 is 0 Å². The van der Waals surface area contributed by atoms with Crippen molar-refractivity contribution in [2.75, 3.05) is 12.3 Å². The highest BCUT2D eigenvalue weighted by atomic mass is 16.1. The Kier molecular flexibility index (Phi) is 4.13. The summed E-state index contributed by atoms with van der Waals surface area (Å²) in [6, 6.07) is 9.25. The fourth-order valence-electron chi connectivity index (χ4n) is 1.86. The van der Waals surface area contributed by atoms with Crippen LogP contribution < -0.4 is 11.1 Å². The molecule has 0 radical (unpaired) electrons. The van der Waals surface area contributed by atoms with Crippen molar-refractivity contribution in [1.82, 2.24) is 10.3 Å². The van der Waals surface area contributed by atoms with Gasteiger partial charge >= 0.3 is 0 Å². The Labute approximate surface area is 112 Å². The molecule has 4 heteroatoms. The minimum atomic E-state index is -0.0892. The van der Waals surface area contributed by atoms with E-state index in [4.69, 9.17) is 5.73 Å². The van der Waals surface area contributed by atoms with Crippen LogP contribution in [0, 0.1) is 6.92 Å². The molecular formula is C15H17N3O. The Morgan fingerprint density at radius 2 is 2.16 bits per heavy atom. The molecule has 2 rings (SSSR count). The monoisotopic (exact) mass is 255 g/mol. The van der Waals surface area contributed by atoms with E-state index in [1.807, 2.05) is 19.1 Å². The van der Waals surface area contributed by atoms with Crippen molar-refractivity contribution >= 4 is 11.6 Å². The van der Waals surface area contributed by atoms with Crippen LogP contribution in [-0.4, -0.2) is 17.4 Å². The van der Waals surface area contributed by atoms with Gasteiger partial charge in [0.15, 0.2) is 0 Å². The van der Waals surface area contributed by atoms with Crippen LogP contribution in [0.2, 0.25) is 0 Å². The number of rotatable bonds is 4. The van der Waals surface area contributed by atoms with Crippen molar-refractivity contribution in [2.24, 2.45) is 0 Å². The lowest BCUT2D eigenvalue weighted by atomic mass is 10.1. The third-order valence-corrected chi connectivity index (χ3v) is 3.04. The van der Waals surface area contributed by atoms with Gasteiger partial charge < -0.3 is 11.1 Å². The Hall–Kier alpha value is -2.36. The highest BCUT2D eigenvalue weighted by Crippen LogP contribution is 2.15. The number of benzene rings is 1. The number of hydrogen-bond acceptors (Lipinski definition) is 3. The van der Waals surface area contributed by atoms with E-state index in [0.29, 0.717) is 17.8 Å². The lowest BCUT2D eigenvalue weighted by molar-refractivity contribution is 0.0953. The van der Waals surface area contributed by atoms with Gasteiger partial charge in [-0.15, -0.1) is 0 Å². The van der Waals surface area contributed by atoms with E-state index in [0.717, 1.165) is 17.5 Å². The molecule has 0 atom stereocenters. The summed E-state index contributed by atoms with van der Waals surface area (Å²) in [5.74, 6) is -0.0892. The third kappa shape index (κ3) is 3.31. The summed E-state index contributed by atoms with van der Waals surface area (Å²) < 4.78 is 0. The van der Waals surface area contributed by atoms with Crippen molar-refractivity contribution in [3.63, 3.8) is 0 Å². The molecular weight excluding hydrogens is 238 g/mol.